The van der Waals surface area contributed by atoms with Gasteiger partial charge < -0.3 is 44.4 Å². The lowest BCUT2D eigenvalue weighted by Crippen LogP contribution is -2.55. The van der Waals surface area contributed by atoms with E-state index < -0.39 is 29.7 Å². The maximum absolute atomic E-state index is 13.3. The predicted octanol–water partition coefficient (Wildman–Crippen LogP) is 3.84. The van der Waals surface area contributed by atoms with E-state index in [-0.39, 0.29) is 91.8 Å². The number of hydrogen-bond donors (Lipinski definition) is 5. The van der Waals surface area contributed by atoms with Crippen LogP contribution in [0.4, 0.5) is 4.79 Å². The van der Waals surface area contributed by atoms with Crippen LogP contribution in [-0.4, -0.2) is 118 Å². The first-order valence-electron chi connectivity index (χ1n) is 21.6. The molecule has 2 aliphatic heterocycles. The van der Waals surface area contributed by atoms with Gasteiger partial charge in [-0.05, 0) is 71.1 Å². The standard InChI is InChI=1S/C43H73N5O11/c1-28(2)15-16-35-42(7,59-35)39-38(55-8)34(17-18-43(39)27-57-43)58-37(52)23-31(30(5)6)26-56-41(54)45-19-13-11-9-10-12-14-32(50)24-47-48-33(22-29(3)4)40(53)46-25-36(51)44-20-21-49/h15,21,29-31,33-35,38-39,47-48H,9-14,16-20,22-27H2,1-8H3,(H,44,51)(H,45,54)(H,46,53)/t31-,33-,34?,35+,38?,39?,42?,43-/m0/s1. The molecule has 5 N–H and O–H groups in total. The summed E-state index contributed by atoms with van der Waals surface area (Å²) in [5.41, 5.74) is 6.27. The molecule has 0 aromatic rings. The number of ether oxygens (including phenoxy) is 5. The molecule has 2 saturated heterocycles. The van der Waals surface area contributed by atoms with Gasteiger partial charge in [0.15, 0.2) is 0 Å². The van der Waals surface area contributed by atoms with Gasteiger partial charge in [0.2, 0.25) is 11.8 Å². The minimum absolute atomic E-state index is 0.0113. The van der Waals surface area contributed by atoms with E-state index in [4.69, 9.17) is 23.7 Å². The molecule has 2 heterocycles. The number of unbranched alkanes of at least 4 members (excludes halogenated alkanes) is 4. The Bertz CT molecular complexity index is 1420. The zero-order valence-corrected chi connectivity index (χ0v) is 36.8. The largest absolute Gasteiger partial charge is 0.460 e. The number of ketones is 1. The number of carbonyl (C=O) groups is 6. The zero-order valence-electron chi connectivity index (χ0n) is 36.8. The summed E-state index contributed by atoms with van der Waals surface area (Å²) >= 11 is 0. The molecular weight excluding hydrogens is 762 g/mol. The molecule has 16 nitrogen and oxygen atoms in total. The first-order valence-corrected chi connectivity index (χ1v) is 21.6. The predicted molar refractivity (Wildman–Crippen MR) is 221 cm³/mol. The van der Waals surface area contributed by atoms with Crippen LogP contribution in [0.5, 0.6) is 0 Å². The van der Waals surface area contributed by atoms with Crippen molar-refractivity contribution in [3.8, 4) is 0 Å². The number of carbonyl (C=O) groups excluding carboxylic acids is 6. The van der Waals surface area contributed by atoms with E-state index in [1.165, 1.54) is 5.57 Å². The third kappa shape index (κ3) is 16.9. The number of nitrogens with one attached hydrogen (secondary N) is 5. The number of amides is 3. The van der Waals surface area contributed by atoms with E-state index in [1.807, 2.05) is 27.7 Å². The Morgan fingerprint density at radius 2 is 1.66 bits per heavy atom. The first-order chi connectivity index (χ1) is 28.0. The lowest BCUT2D eigenvalue weighted by atomic mass is 9.68. The smallest absolute Gasteiger partial charge is 0.407 e. The number of hydrogen-bond acceptors (Lipinski definition) is 13. The lowest BCUT2D eigenvalue weighted by molar-refractivity contribution is -0.173. The third-order valence-corrected chi connectivity index (χ3v) is 11.6. The molecule has 3 aliphatic rings. The summed E-state index contributed by atoms with van der Waals surface area (Å²) in [5.74, 6) is -1.16. The fourth-order valence-corrected chi connectivity index (χ4v) is 7.96. The number of Topliss-reactive ketones (excluding diaryl/α,β-unsaturated/α-hetero) is 1. The number of hydrazine groups is 1. The van der Waals surface area contributed by atoms with Crippen molar-refractivity contribution in [2.45, 2.75) is 155 Å². The highest BCUT2D eigenvalue weighted by Gasteiger charge is 2.72. The van der Waals surface area contributed by atoms with Crippen molar-refractivity contribution in [2.24, 2.45) is 23.7 Å². The van der Waals surface area contributed by atoms with Crippen LogP contribution < -0.4 is 26.8 Å². The molecule has 8 atom stereocenters. The molecule has 16 heteroatoms. The first kappa shape index (κ1) is 49.9. The summed E-state index contributed by atoms with van der Waals surface area (Å²) in [5, 5.41) is 7.70. The Balaban J connectivity index is 1.28. The molecule has 0 aromatic heterocycles. The molecule has 1 aliphatic carbocycles. The van der Waals surface area contributed by atoms with Gasteiger partial charge in [-0.25, -0.2) is 15.6 Å². The van der Waals surface area contributed by atoms with Crippen LogP contribution in [0.1, 0.15) is 119 Å². The average Bonchev–Trinajstić information content (AvgIpc) is 4.10. The highest BCUT2D eigenvalue weighted by atomic mass is 16.6. The second-order valence-electron chi connectivity index (χ2n) is 17.6. The van der Waals surface area contributed by atoms with E-state index in [0.29, 0.717) is 38.7 Å². The minimum atomic E-state index is -0.637. The average molecular weight is 836 g/mol. The van der Waals surface area contributed by atoms with Gasteiger partial charge in [-0.2, -0.15) is 0 Å². The van der Waals surface area contributed by atoms with Crippen molar-refractivity contribution in [3.05, 3.63) is 11.6 Å². The van der Waals surface area contributed by atoms with E-state index >= 15 is 0 Å². The van der Waals surface area contributed by atoms with Gasteiger partial charge in [-0.1, -0.05) is 58.6 Å². The molecule has 3 amide bonds. The Kier molecular flexibility index (Phi) is 20.9. The van der Waals surface area contributed by atoms with Crippen molar-refractivity contribution in [3.63, 3.8) is 0 Å². The normalized spacial score (nSPS) is 25.5. The van der Waals surface area contributed by atoms with E-state index in [0.717, 1.165) is 44.9 Å². The van der Waals surface area contributed by atoms with Crippen molar-refractivity contribution in [2.75, 3.05) is 46.5 Å². The molecule has 3 rings (SSSR count). The van der Waals surface area contributed by atoms with Crippen molar-refractivity contribution < 1.29 is 52.5 Å². The molecule has 0 aromatic carbocycles. The SMILES string of the molecule is COC1C(OC(=O)C[C@@H](COC(=O)NCCCCCCCC(=O)CNN[C@@H](CC(C)C)C(=O)NCC(=O)NCC=O)C(C)C)CC[C@]2(CO2)C1C1(C)O[C@@H]1CC=C(C)C. The van der Waals surface area contributed by atoms with Gasteiger partial charge in [0, 0.05) is 26.0 Å². The summed E-state index contributed by atoms with van der Waals surface area (Å²) in [6.45, 7) is 15.1. The van der Waals surface area contributed by atoms with Gasteiger partial charge in [0.1, 0.15) is 41.5 Å². The number of epoxide rings is 2. The van der Waals surface area contributed by atoms with Gasteiger partial charge in [-0.15, -0.1) is 0 Å². The van der Waals surface area contributed by atoms with Crippen molar-refractivity contribution in [1.82, 2.24) is 26.8 Å². The van der Waals surface area contributed by atoms with Crippen LogP contribution in [0, 0.1) is 23.7 Å². The molecule has 3 fully saturated rings. The molecular formula is C43H73N5O11. The number of esters is 1. The van der Waals surface area contributed by atoms with E-state index in [9.17, 15) is 28.8 Å². The molecule has 336 valence electrons. The molecule has 0 bridgehead atoms. The van der Waals surface area contributed by atoms with Gasteiger partial charge in [-0.3, -0.25) is 19.2 Å². The summed E-state index contributed by atoms with van der Waals surface area (Å²) in [6, 6.07) is -0.637. The van der Waals surface area contributed by atoms with E-state index in [1.54, 1.807) is 7.11 Å². The summed E-state index contributed by atoms with van der Waals surface area (Å²) in [6.07, 6.45) is 8.93. The number of allylic oxidation sites excluding steroid dienone is 1. The zero-order chi connectivity index (χ0) is 43.6. The third-order valence-electron chi connectivity index (χ3n) is 11.6. The summed E-state index contributed by atoms with van der Waals surface area (Å²) < 4.78 is 29.9. The quantitative estimate of drug-likeness (QED) is 0.0181. The fraction of sp³-hybridized carbons (Fsp3) is 0.814. The van der Waals surface area contributed by atoms with Crippen LogP contribution in [0.25, 0.3) is 0 Å². The van der Waals surface area contributed by atoms with Gasteiger partial charge in [0.25, 0.3) is 0 Å². The maximum atomic E-state index is 13.3. The number of methoxy groups -OCH3 is 1. The lowest BCUT2D eigenvalue weighted by Gasteiger charge is -2.42. The number of alkyl carbamates (subject to hydrolysis) is 1. The second-order valence-corrected chi connectivity index (χ2v) is 17.6. The fourth-order valence-electron chi connectivity index (χ4n) is 7.96. The molecule has 59 heavy (non-hydrogen) atoms. The van der Waals surface area contributed by atoms with E-state index in [2.05, 4.69) is 53.6 Å². The maximum Gasteiger partial charge on any atom is 0.407 e. The van der Waals surface area contributed by atoms with Crippen molar-refractivity contribution >= 4 is 35.9 Å². The Morgan fingerprint density at radius 3 is 2.31 bits per heavy atom. The Morgan fingerprint density at radius 1 is 0.949 bits per heavy atom. The number of aldehydes is 1. The molecule has 1 spiro atoms. The monoisotopic (exact) mass is 836 g/mol. The van der Waals surface area contributed by atoms with Gasteiger partial charge in [0.05, 0.1) is 51.3 Å². The number of rotatable bonds is 29. The minimum Gasteiger partial charge on any atom is -0.460 e. The van der Waals surface area contributed by atoms with Crippen LogP contribution in [-0.2, 0) is 47.7 Å². The molecule has 0 radical (unpaired) electrons. The second kappa shape index (κ2) is 24.7. The summed E-state index contributed by atoms with van der Waals surface area (Å²) in [4.78, 5) is 72.8. The van der Waals surface area contributed by atoms with Crippen LogP contribution in [0.15, 0.2) is 11.6 Å². The summed E-state index contributed by atoms with van der Waals surface area (Å²) in [7, 11) is 1.66. The highest BCUT2D eigenvalue weighted by molar-refractivity contribution is 5.88. The van der Waals surface area contributed by atoms with Crippen molar-refractivity contribution in [1.29, 1.82) is 0 Å². The Labute approximate surface area is 351 Å². The van der Waals surface area contributed by atoms with Gasteiger partial charge >= 0.3 is 12.1 Å². The molecule has 1 saturated carbocycles. The van der Waals surface area contributed by atoms with Crippen LogP contribution in [0.3, 0.4) is 0 Å². The topological polar surface area (TPSA) is 215 Å². The highest BCUT2D eigenvalue weighted by Crippen LogP contribution is 2.59. The van der Waals surface area contributed by atoms with Crippen LogP contribution in [0.2, 0.25) is 0 Å². The Hall–Kier alpha value is -3.44. The van der Waals surface area contributed by atoms with Crippen LogP contribution >= 0.6 is 0 Å². The molecule has 4 unspecified atom stereocenters.